The van der Waals surface area contributed by atoms with Gasteiger partial charge in [0.1, 0.15) is 0 Å². The molecular weight excluding hydrogens is 226 g/mol. The van der Waals surface area contributed by atoms with Crippen LogP contribution in [0.1, 0.15) is 26.3 Å². The van der Waals surface area contributed by atoms with Gasteiger partial charge in [0.15, 0.2) is 0 Å². The Hall–Kier alpha value is -1.06. The minimum Gasteiger partial charge on any atom is -0.382 e. The van der Waals surface area contributed by atoms with Crippen LogP contribution in [0.15, 0.2) is 24.3 Å². The third-order valence-corrected chi connectivity index (χ3v) is 2.96. The zero-order valence-electron chi connectivity index (χ0n) is 11.5. The highest BCUT2D eigenvalue weighted by Gasteiger charge is 2.18. The molecule has 1 aromatic rings. The number of hydrogen-bond acceptors (Lipinski definition) is 3. The van der Waals surface area contributed by atoms with Gasteiger partial charge < -0.3 is 14.8 Å². The van der Waals surface area contributed by atoms with Gasteiger partial charge in [-0.2, -0.15) is 0 Å². The number of fused-ring (bicyclic) bond motifs is 1. The minimum atomic E-state index is -0.0826. The normalized spacial score (nSPS) is 19.2. The van der Waals surface area contributed by atoms with E-state index < -0.39 is 0 Å². The molecular formula is C15H23NO2. The van der Waals surface area contributed by atoms with Gasteiger partial charge in [0.05, 0.1) is 24.9 Å². The quantitative estimate of drug-likeness (QED) is 0.832. The topological polar surface area (TPSA) is 30.5 Å². The first-order valence-electron chi connectivity index (χ1n) is 6.62. The van der Waals surface area contributed by atoms with Gasteiger partial charge in [-0.25, -0.2) is 0 Å². The molecule has 1 aromatic carbocycles. The Morgan fingerprint density at radius 1 is 1.22 bits per heavy atom. The predicted octanol–water partition coefficient (Wildman–Crippen LogP) is 2.85. The molecule has 1 heterocycles. The summed E-state index contributed by atoms with van der Waals surface area (Å²) in [4.78, 5) is 0. The van der Waals surface area contributed by atoms with E-state index >= 15 is 0 Å². The van der Waals surface area contributed by atoms with Crippen molar-refractivity contribution in [2.45, 2.75) is 38.9 Å². The number of benzene rings is 1. The monoisotopic (exact) mass is 249 g/mol. The first-order valence-corrected chi connectivity index (χ1v) is 6.62. The number of rotatable bonds is 4. The second kappa shape index (κ2) is 5.72. The lowest BCUT2D eigenvalue weighted by molar-refractivity contribution is -0.0495. The van der Waals surface area contributed by atoms with Gasteiger partial charge >= 0.3 is 0 Å². The molecule has 18 heavy (non-hydrogen) atoms. The molecule has 0 aliphatic carbocycles. The third-order valence-electron chi connectivity index (χ3n) is 2.96. The molecule has 0 spiro atoms. The fourth-order valence-corrected chi connectivity index (χ4v) is 2.09. The summed E-state index contributed by atoms with van der Waals surface area (Å²) in [6.45, 7) is 8.38. The molecule has 3 heteroatoms. The van der Waals surface area contributed by atoms with Crippen molar-refractivity contribution >= 4 is 5.69 Å². The van der Waals surface area contributed by atoms with Crippen molar-refractivity contribution in [3.8, 4) is 0 Å². The summed E-state index contributed by atoms with van der Waals surface area (Å²) in [5.74, 6) is 0. The van der Waals surface area contributed by atoms with Crippen LogP contribution in [0.3, 0.4) is 0 Å². The highest BCUT2D eigenvalue weighted by molar-refractivity contribution is 5.53. The van der Waals surface area contributed by atoms with Crippen molar-refractivity contribution in [3.63, 3.8) is 0 Å². The van der Waals surface area contributed by atoms with Crippen LogP contribution in [0, 0.1) is 0 Å². The van der Waals surface area contributed by atoms with Crippen molar-refractivity contribution in [2.24, 2.45) is 0 Å². The summed E-state index contributed by atoms with van der Waals surface area (Å²) in [6, 6.07) is 8.41. The van der Waals surface area contributed by atoms with Crippen LogP contribution in [-0.2, 0) is 15.9 Å². The average Bonchev–Trinajstić information content (AvgIpc) is 2.33. The molecule has 0 bridgehead atoms. The van der Waals surface area contributed by atoms with Crippen LogP contribution in [0.5, 0.6) is 0 Å². The van der Waals surface area contributed by atoms with Crippen molar-refractivity contribution in [1.82, 2.24) is 0 Å². The number of ether oxygens (including phenoxy) is 2. The van der Waals surface area contributed by atoms with Crippen molar-refractivity contribution in [3.05, 3.63) is 29.8 Å². The van der Waals surface area contributed by atoms with Crippen LogP contribution in [0.2, 0.25) is 0 Å². The summed E-state index contributed by atoms with van der Waals surface area (Å²) in [6.07, 6.45) is 1.24. The van der Waals surface area contributed by atoms with Gasteiger partial charge in [-0.1, -0.05) is 18.2 Å². The van der Waals surface area contributed by atoms with Crippen molar-refractivity contribution in [1.29, 1.82) is 0 Å². The molecule has 0 amide bonds. The lowest BCUT2D eigenvalue weighted by Crippen LogP contribution is -2.32. The van der Waals surface area contributed by atoms with E-state index in [1.54, 1.807) is 0 Å². The number of nitrogens with one attached hydrogen (secondary N) is 1. The average molecular weight is 249 g/mol. The molecule has 2 rings (SSSR count). The van der Waals surface area contributed by atoms with E-state index in [9.17, 15) is 0 Å². The summed E-state index contributed by atoms with van der Waals surface area (Å²) >= 11 is 0. The molecule has 1 aliphatic heterocycles. The van der Waals surface area contributed by atoms with Gasteiger partial charge in [-0.15, -0.1) is 0 Å². The van der Waals surface area contributed by atoms with E-state index in [2.05, 4.69) is 50.4 Å². The van der Waals surface area contributed by atoms with E-state index in [0.29, 0.717) is 13.2 Å². The fraction of sp³-hybridized carbons (Fsp3) is 0.600. The van der Waals surface area contributed by atoms with Crippen LogP contribution in [-0.4, -0.2) is 31.5 Å². The van der Waals surface area contributed by atoms with Gasteiger partial charge in [-0.3, -0.25) is 0 Å². The van der Waals surface area contributed by atoms with E-state index in [1.807, 2.05) is 0 Å². The Morgan fingerprint density at radius 3 is 2.78 bits per heavy atom. The van der Waals surface area contributed by atoms with Crippen LogP contribution in [0.25, 0.3) is 0 Å². The fourth-order valence-electron chi connectivity index (χ4n) is 2.09. The molecule has 0 radical (unpaired) electrons. The highest BCUT2D eigenvalue weighted by atomic mass is 16.5. The van der Waals surface area contributed by atoms with Crippen molar-refractivity contribution in [2.75, 3.05) is 25.1 Å². The lowest BCUT2D eigenvalue weighted by atomic mass is 10.0. The Morgan fingerprint density at radius 2 is 2.00 bits per heavy atom. The molecule has 1 N–H and O–H groups in total. The molecule has 1 atom stereocenters. The maximum Gasteiger partial charge on any atom is 0.0789 e. The SMILES string of the molecule is CC(C)(C)OCCOC1CNc2ccccc2C1. The van der Waals surface area contributed by atoms with Gasteiger partial charge in [0.2, 0.25) is 0 Å². The van der Waals surface area contributed by atoms with Crippen molar-refractivity contribution < 1.29 is 9.47 Å². The predicted molar refractivity (Wildman–Crippen MR) is 74.1 cm³/mol. The Bertz CT molecular complexity index is 384. The van der Waals surface area contributed by atoms with E-state index in [1.165, 1.54) is 11.3 Å². The summed E-state index contributed by atoms with van der Waals surface area (Å²) in [5, 5.41) is 3.40. The number of hydrogen-bond donors (Lipinski definition) is 1. The molecule has 0 aromatic heterocycles. The second-order valence-electron chi connectivity index (χ2n) is 5.70. The second-order valence-corrected chi connectivity index (χ2v) is 5.70. The zero-order valence-corrected chi connectivity index (χ0v) is 11.5. The van der Waals surface area contributed by atoms with Gasteiger partial charge in [0, 0.05) is 18.7 Å². The van der Waals surface area contributed by atoms with Gasteiger partial charge in [0.25, 0.3) is 0 Å². The Labute approximate surface area is 109 Å². The molecule has 1 aliphatic rings. The zero-order chi connectivity index (χ0) is 13.0. The summed E-state index contributed by atoms with van der Waals surface area (Å²) in [5.41, 5.74) is 2.50. The minimum absolute atomic E-state index is 0.0826. The highest BCUT2D eigenvalue weighted by Crippen LogP contribution is 2.22. The molecule has 3 nitrogen and oxygen atoms in total. The molecule has 100 valence electrons. The van der Waals surface area contributed by atoms with E-state index in [0.717, 1.165) is 13.0 Å². The Kier molecular flexibility index (Phi) is 4.25. The molecule has 0 saturated heterocycles. The summed E-state index contributed by atoms with van der Waals surface area (Å²) in [7, 11) is 0. The Balaban J connectivity index is 1.73. The smallest absolute Gasteiger partial charge is 0.0789 e. The number of anilines is 1. The van der Waals surface area contributed by atoms with Crippen LogP contribution in [0.4, 0.5) is 5.69 Å². The molecule has 0 saturated carbocycles. The standard InChI is InChI=1S/C15H23NO2/c1-15(2,3)18-9-8-17-13-10-12-6-4-5-7-14(12)16-11-13/h4-7,13,16H,8-11H2,1-3H3. The first-order chi connectivity index (χ1) is 8.54. The molecule has 1 unspecified atom stereocenters. The molecule has 0 fully saturated rings. The lowest BCUT2D eigenvalue weighted by Gasteiger charge is -2.27. The summed E-state index contributed by atoms with van der Waals surface area (Å²) < 4.78 is 11.5. The van der Waals surface area contributed by atoms with Crippen LogP contribution >= 0.6 is 0 Å². The van der Waals surface area contributed by atoms with Gasteiger partial charge in [-0.05, 0) is 32.4 Å². The van der Waals surface area contributed by atoms with E-state index in [-0.39, 0.29) is 11.7 Å². The maximum atomic E-state index is 5.85. The largest absolute Gasteiger partial charge is 0.382 e. The maximum absolute atomic E-state index is 5.85. The van der Waals surface area contributed by atoms with Crippen LogP contribution < -0.4 is 5.32 Å². The van der Waals surface area contributed by atoms with E-state index in [4.69, 9.17) is 9.47 Å². The first kappa shape index (κ1) is 13.4. The third kappa shape index (κ3) is 4.00. The number of para-hydroxylation sites is 1.